The maximum atomic E-state index is 13.7. The fraction of sp³-hybridized carbons (Fsp3) is 0.0588. The van der Waals surface area contributed by atoms with E-state index in [-0.39, 0.29) is 17.1 Å². The van der Waals surface area contributed by atoms with Gasteiger partial charge in [-0.25, -0.2) is 4.39 Å². The van der Waals surface area contributed by atoms with E-state index < -0.39 is 17.0 Å². The summed E-state index contributed by atoms with van der Waals surface area (Å²) >= 11 is 6.81. The Bertz CT molecular complexity index is 841. The maximum Gasteiger partial charge on any atom is 0.295 e. The average Bonchev–Trinajstić information content (AvgIpc) is 2.83. The Morgan fingerprint density at radius 3 is 2.58 bits per heavy atom. The standard InChI is InChI=1S/C17H12ClFN2O2S/c18-12-6-2-4-8-14(12)20-10-21-16(22)15(24-17(21)23)9-11-5-1-3-7-13(11)19/h1-9,20H,10H2/b15-9+. The highest BCUT2D eigenvalue weighted by Crippen LogP contribution is 2.32. The van der Waals surface area contributed by atoms with Gasteiger partial charge in [0.2, 0.25) is 0 Å². The minimum Gasteiger partial charge on any atom is -0.366 e. The topological polar surface area (TPSA) is 49.4 Å². The summed E-state index contributed by atoms with van der Waals surface area (Å²) in [5.74, 6) is -0.911. The number of benzene rings is 2. The fourth-order valence-corrected chi connectivity index (χ4v) is 3.17. The number of halogens is 2. The highest BCUT2D eigenvalue weighted by molar-refractivity contribution is 8.18. The van der Waals surface area contributed by atoms with E-state index in [9.17, 15) is 14.0 Å². The van der Waals surface area contributed by atoms with Crippen molar-refractivity contribution in [2.45, 2.75) is 0 Å². The van der Waals surface area contributed by atoms with Crippen molar-refractivity contribution in [3.05, 3.63) is 69.8 Å². The lowest BCUT2D eigenvalue weighted by Gasteiger charge is -2.15. The van der Waals surface area contributed by atoms with E-state index >= 15 is 0 Å². The highest BCUT2D eigenvalue weighted by Gasteiger charge is 2.35. The predicted molar refractivity (Wildman–Crippen MR) is 94.2 cm³/mol. The number of amides is 2. The monoisotopic (exact) mass is 362 g/mol. The molecule has 0 aliphatic carbocycles. The lowest BCUT2D eigenvalue weighted by Crippen LogP contribution is -2.33. The van der Waals surface area contributed by atoms with Gasteiger partial charge in [0.25, 0.3) is 11.1 Å². The van der Waals surface area contributed by atoms with Crippen LogP contribution in [-0.2, 0) is 4.79 Å². The average molecular weight is 363 g/mol. The van der Waals surface area contributed by atoms with Crippen molar-refractivity contribution in [3.63, 3.8) is 0 Å². The first kappa shape index (κ1) is 16.5. The minimum absolute atomic E-state index is 0.0109. The summed E-state index contributed by atoms with van der Waals surface area (Å²) in [6.45, 7) is -0.0109. The van der Waals surface area contributed by atoms with Crippen molar-refractivity contribution >= 4 is 46.3 Å². The predicted octanol–water partition coefficient (Wildman–Crippen LogP) is 4.59. The van der Waals surface area contributed by atoms with Crippen molar-refractivity contribution in [1.82, 2.24) is 4.90 Å². The van der Waals surface area contributed by atoms with Crippen LogP contribution in [0.1, 0.15) is 5.56 Å². The first-order valence-corrected chi connectivity index (χ1v) is 8.24. The molecule has 0 spiro atoms. The van der Waals surface area contributed by atoms with Gasteiger partial charge in [0.05, 0.1) is 22.3 Å². The number of carbonyl (C=O) groups is 2. The summed E-state index contributed by atoms with van der Waals surface area (Å²) < 4.78 is 13.7. The number of imide groups is 1. The van der Waals surface area contributed by atoms with Gasteiger partial charge in [0.1, 0.15) is 5.82 Å². The van der Waals surface area contributed by atoms with E-state index in [1.165, 1.54) is 12.1 Å². The van der Waals surface area contributed by atoms with Gasteiger partial charge in [-0.3, -0.25) is 14.5 Å². The third-order valence-corrected chi connectivity index (χ3v) is 4.60. The summed E-state index contributed by atoms with van der Waals surface area (Å²) in [5, 5.41) is 3.03. The number of hydrogen-bond acceptors (Lipinski definition) is 4. The van der Waals surface area contributed by atoms with Crippen LogP contribution in [0.5, 0.6) is 0 Å². The zero-order chi connectivity index (χ0) is 17.1. The summed E-state index contributed by atoms with van der Waals surface area (Å²) in [6, 6.07) is 13.1. The Kier molecular flexibility index (Phi) is 4.87. The molecule has 24 heavy (non-hydrogen) atoms. The van der Waals surface area contributed by atoms with Crippen LogP contribution in [0.3, 0.4) is 0 Å². The quantitative estimate of drug-likeness (QED) is 0.808. The maximum absolute atomic E-state index is 13.7. The van der Waals surface area contributed by atoms with Crippen LogP contribution in [0.25, 0.3) is 6.08 Å². The van der Waals surface area contributed by atoms with Gasteiger partial charge in [0.15, 0.2) is 0 Å². The van der Waals surface area contributed by atoms with E-state index in [1.807, 2.05) is 0 Å². The number of hydrogen-bond donors (Lipinski definition) is 1. The lowest BCUT2D eigenvalue weighted by molar-refractivity contribution is -0.122. The molecule has 1 fully saturated rings. The highest BCUT2D eigenvalue weighted by atomic mass is 35.5. The van der Waals surface area contributed by atoms with Crippen LogP contribution in [0, 0.1) is 5.82 Å². The zero-order valence-corrected chi connectivity index (χ0v) is 13.9. The van der Waals surface area contributed by atoms with E-state index in [0.717, 1.165) is 16.7 Å². The summed E-state index contributed by atoms with van der Waals surface area (Å²) in [4.78, 5) is 25.6. The molecule has 0 bridgehead atoms. The number of carbonyl (C=O) groups excluding carboxylic acids is 2. The third kappa shape index (κ3) is 3.44. The number of thioether (sulfide) groups is 1. The van der Waals surface area contributed by atoms with E-state index in [1.54, 1.807) is 42.5 Å². The molecule has 0 unspecified atom stereocenters. The molecule has 1 saturated heterocycles. The largest absolute Gasteiger partial charge is 0.366 e. The summed E-state index contributed by atoms with van der Waals surface area (Å²) in [6.07, 6.45) is 1.38. The third-order valence-electron chi connectivity index (χ3n) is 3.37. The van der Waals surface area contributed by atoms with Crippen molar-refractivity contribution < 1.29 is 14.0 Å². The number of anilines is 1. The molecule has 122 valence electrons. The first-order chi connectivity index (χ1) is 11.6. The lowest BCUT2D eigenvalue weighted by atomic mass is 10.2. The molecule has 7 heteroatoms. The van der Waals surface area contributed by atoms with E-state index in [2.05, 4.69) is 5.32 Å². The van der Waals surface area contributed by atoms with Gasteiger partial charge >= 0.3 is 0 Å². The Labute approximate surface area is 147 Å². The van der Waals surface area contributed by atoms with Gasteiger partial charge < -0.3 is 5.32 Å². The fourth-order valence-electron chi connectivity index (χ4n) is 2.14. The smallest absolute Gasteiger partial charge is 0.295 e. The van der Waals surface area contributed by atoms with Crippen LogP contribution < -0.4 is 5.32 Å². The molecule has 0 saturated carbocycles. The number of nitrogens with zero attached hydrogens (tertiary/aromatic N) is 1. The molecule has 1 aliphatic heterocycles. The second-order valence-electron chi connectivity index (χ2n) is 4.95. The Morgan fingerprint density at radius 2 is 1.83 bits per heavy atom. The number of nitrogens with one attached hydrogen (secondary N) is 1. The molecule has 1 heterocycles. The molecule has 1 aliphatic rings. The van der Waals surface area contributed by atoms with Crippen LogP contribution in [-0.4, -0.2) is 22.7 Å². The molecule has 0 radical (unpaired) electrons. The minimum atomic E-state index is -0.465. The molecule has 2 aromatic rings. The van der Waals surface area contributed by atoms with Crippen molar-refractivity contribution in [2.24, 2.45) is 0 Å². The van der Waals surface area contributed by atoms with Crippen molar-refractivity contribution in [2.75, 3.05) is 12.0 Å². The van der Waals surface area contributed by atoms with E-state index in [0.29, 0.717) is 10.7 Å². The summed E-state index contributed by atoms with van der Waals surface area (Å²) in [5.41, 5.74) is 0.887. The summed E-state index contributed by atoms with van der Waals surface area (Å²) in [7, 11) is 0. The molecular weight excluding hydrogens is 351 g/mol. The van der Waals surface area contributed by atoms with Gasteiger partial charge in [0, 0.05) is 5.56 Å². The molecule has 0 atom stereocenters. The van der Waals surface area contributed by atoms with Gasteiger partial charge in [-0.2, -0.15) is 0 Å². The first-order valence-electron chi connectivity index (χ1n) is 7.04. The Balaban J connectivity index is 1.75. The van der Waals surface area contributed by atoms with Crippen LogP contribution >= 0.6 is 23.4 Å². The molecule has 1 N–H and O–H groups in total. The van der Waals surface area contributed by atoms with Crippen molar-refractivity contribution in [1.29, 1.82) is 0 Å². The number of rotatable bonds is 4. The van der Waals surface area contributed by atoms with Gasteiger partial charge in [-0.05, 0) is 36.0 Å². The zero-order valence-electron chi connectivity index (χ0n) is 12.3. The normalized spacial score (nSPS) is 16.1. The molecule has 0 aromatic heterocycles. The second-order valence-corrected chi connectivity index (χ2v) is 6.35. The van der Waals surface area contributed by atoms with E-state index in [4.69, 9.17) is 11.6 Å². The molecule has 4 nitrogen and oxygen atoms in total. The number of para-hydroxylation sites is 1. The molecular formula is C17H12ClFN2O2S. The molecule has 2 amide bonds. The van der Waals surface area contributed by atoms with Gasteiger partial charge in [-0.1, -0.05) is 41.9 Å². The van der Waals surface area contributed by atoms with Gasteiger partial charge in [-0.15, -0.1) is 0 Å². The second kappa shape index (κ2) is 7.07. The SMILES string of the molecule is O=C1S/C(=C/c2ccccc2F)C(=O)N1CNc1ccccc1Cl. The van der Waals surface area contributed by atoms with Crippen LogP contribution in [0.2, 0.25) is 5.02 Å². The molecule has 3 rings (SSSR count). The van der Waals surface area contributed by atoms with Crippen LogP contribution in [0.15, 0.2) is 53.4 Å². The molecule has 2 aromatic carbocycles. The Morgan fingerprint density at radius 1 is 1.12 bits per heavy atom. The van der Waals surface area contributed by atoms with Crippen LogP contribution in [0.4, 0.5) is 14.9 Å². The van der Waals surface area contributed by atoms with Crippen molar-refractivity contribution in [3.8, 4) is 0 Å². The Hall–Kier alpha value is -2.31.